The van der Waals surface area contributed by atoms with E-state index in [9.17, 15) is 15.0 Å². The predicted molar refractivity (Wildman–Crippen MR) is 276 cm³/mol. The SMILES string of the molecule is C/C=C/CC/C=C/CC/C=C/C(O)C(CO)NC(=O)CCCCCCCCCCCCCCCCCCCCCCCCCCC/C=C\C/C=C\C/C=C\C/C=C\C/C=C\CC. The highest BCUT2D eigenvalue weighted by molar-refractivity contribution is 5.76. The lowest BCUT2D eigenvalue weighted by molar-refractivity contribution is -0.123. The molecule has 0 saturated carbocycles. The molecule has 1 amide bonds. The third-order valence-electron chi connectivity index (χ3n) is 11.6. The van der Waals surface area contributed by atoms with Crippen LogP contribution in [-0.4, -0.2) is 34.9 Å². The van der Waals surface area contributed by atoms with Crippen molar-refractivity contribution in [1.29, 1.82) is 0 Å². The Balaban J connectivity index is 3.39. The Morgan fingerprint density at radius 1 is 0.419 bits per heavy atom. The van der Waals surface area contributed by atoms with Gasteiger partial charge in [0.1, 0.15) is 0 Å². The van der Waals surface area contributed by atoms with Gasteiger partial charge in [0.2, 0.25) is 5.91 Å². The second-order valence-electron chi connectivity index (χ2n) is 17.6. The first-order chi connectivity index (χ1) is 30.7. The van der Waals surface area contributed by atoms with E-state index in [2.05, 4.69) is 97.3 Å². The molecule has 0 aromatic heterocycles. The molecule has 2 atom stereocenters. The van der Waals surface area contributed by atoms with Crippen LogP contribution in [0.15, 0.2) is 97.2 Å². The molecule has 0 aliphatic rings. The average Bonchev–Trinajstić information content (AvgIpc) is 3.28. The van der Waals surface area contributed by atoms with Crippen LogP contribution in [0.4, 0.5) is 0 Å². The Kier molecular flexibility index (Phi) is 50.4. The van der Waals surface area contributed by atoms with E-state index >= 15 is 0 Å². The van der Waals surface area contributed by atoms with Gasteiger partial charge in [-0.2, -0.15) is 0 Å². The molecule has 3 N–H and O–H groups in total. The third-order valence-corrected chi connectivity index (χ3v) is 11.6. The molecule has 0 saturated heterocycles. The van der Waals surface area contributed by atoms with Crippen molar-refractivity contribution in [3.05, 3.63) is 97.2 Å². The van der Waals surface area contributed by atoms with Crippen LogP contribution in [0.3, 0.4) is 0 Å². The van der Waals surface area contributed by atoms with E-state index in [1.54, 1.807) is 6.08 Å². The minimum atomic E-state index is -0.869. The lowest BCUT2D eigenvalue weighted by Crippen LogP contribution is -2.45. The molecule has 0 fully saturated rings. The van der Waals surface area contributed by atoms with Gasteiger partial charge in [0, 0.05) is 6.42 Å². The van der Waals surface area contributed by atoms with E-state index in [-0.39, 0.29) is 12.5 Å². The Morgan fingerprint density at radius 3 is 1.13 bits per heavy atom. The summed E-state index contributed by atoms with van der Waals surface area (Å²) < 4.78 is 0. The number of aliphatic hydroxyl groups excluding tert-OH is 2. The van der Waals surface area contributed by atoms with Crippen LogP contribution >= 0.6 is 0 Å². The van der Waals surface area contributed by atoms with Crippen molar-refractivity contribution in [3.63, 3.8) is 0 Å². The van der Waals surface area contributed by atoms with Gasteiger partial charge < -0.3 is 15.5 Å². The van der Waals surface area contributed by atoms with Crippen molar-refractivity contribution in [3.8, 4) is 0 Å². The first-order valence-electron chi connectivity index (χ1n) is 26.4. The van der Waals surface area contributed by atoms with Crippen molar-refractivity contribution in [2.24, 2.45) is 0 Å². The number of hydrogen-bond acceptors (Lipinski definition) is 3. The molecular formula is C58H101NO3. The largest absolute Gasteiger partial charge is 0.394 e. The summed E-state index contributed by atoms with van der Waals surface area (Å²) in [4.78, 5) is 12.4. The molecule has 62 heavy (non-hydrogen) atoms. The summed E-state index contributed by atoms with van der Waals surface area (Å²) >= 11 is 0. The highest BCUT2D eigenvalue weighted by Crippen LogP contribution is 2.16. The Morgan fingerprint density at radius 2 is 0.742 bits per heavy atom. The predicted octanol–water partition coefficient (Wildman–Crippen LogP) is 17.4. The van der Waals surface area contributed by atoms with Gasteiger partial charge in [-0.3, -0.25) is 4.79 Å². The van der Waals surface area contributed by atoms with Gasteiger partial charge in [-0.15, -0.1) is 0 Å². The fourth-order valence-electron chi connectivity index (χ4n) is 7.66. The van der Waals surface area contributed by atoms with Crippen LogP contribution < -0.4 is 5.32 Å². The lowest BCUT2D eigenvalue weighted by atomic mass is 10.0. The summed E-state index contributed by atoms with van der Waals surface area (Å²) in [7, 11) is 0. The minimum absolute atomic E-state index is 0.0807. The van der Waals surface area contributed by atoms with Gasteiger partial charge in [-0.1, -0.05) is 252 Å². The smallest absolute Gasteiger partial charge is 0.220 e. The number of nitrogens with one attached hydrogen (secondary N) is 1. The van der Waals surface area contributed by atoms with E-state index in [1.165, 1.54) is 154 Å². The van der Waals surface area contributed by atoms with Crippen molar-refractivity contribution < 1.29 is 15.0 Å². The topological polar surface area (TPSA) is 69.6 Å². The van der Waals surface area contributed by atoms with Crippen molar-refractivity contribution in [2.75, 3.05) is 6.61 Å². The Bertz CT molecular complexity index is 1160. The Labute approximate surface area is 385 Å². The van der Waals surface area contributed by atoms with E-state index in [1.807, 2.05) is 13.0 Å². The normalized spacial score (nSPS) is 13.7. The van der Waals surface area contributed by atoms with Gasteiger partial charge in [-0.25, -0.2) is 0 Å². The maximum atomic E-state index is 12.4. The standard InChI is InChI=1S/C58H101NO3/c1-3-5-7-9-11-13-14-15-16-17-18-19-20-21-22-23-24-25-26-27-28-29-30-31-32-33-34-35-36-37-38-39-40-41-42-43-44-46-48-50-52-54-58(62)59-56(55-60)57(61)53-51-49-47-45-12-10-8-6-4-2/h4-7,11-13,15-16,18-19,21-22,45,51,53,56-57,60-61H,3,8-10,14,17,20,23-44,46-50,52,54-55H2,1-2H3,(H,59,62)/b6-4+,7-5-,13-11-,16-15-,19-18-,22-21-,45-12+,53-51+. The average molecular weight is 860 g/mol. The highest BCUT2D eigenvalue weighted by Gasteiger charge is 2.17. The van der Waals surface area contributed by atoms with E-state index in [4.69, 9.17) is 0 Å². The van der Waals surface area contributed by atoms with Crippen LogP contribution in [0.1, 0.15) is 245 Å². The van der Waals surface area contributed by atoms with Crippen molar-refractivity contribution >= 4 is 5.91 Å². The summed E-state index contributed by atoms with van der Waals surface area (Å²) in [6, 6.07) is -0.645. The number of allylic oxidation sites excluding steroid dienone is 15. The van der Waals surface area contributed by atoms with Gasteiger partial charge in [0.15, 0.2) is 0 Å². The fraction of sp³-hybridized carbons (Fsp3) is 0.707. The highest BCUT2D eigenvalue weighted by atomic mass is 16.3. The zero-order valence-electron chi connectivity index (χ0n) is 40.9. The number of aliphatic hydroxyl groups is 2. The molecule has 2 unspecified atom stereocenters. The van der Waals surface area contributed by atoms with Crippen LogP contribution in [-0.2, 0) is 4.79 Å². The molecule has 356 valence electrons. The number of carbonyl (C=O) groups excluding carboxylic acids is 1. The molecule has 0 bridgehead atoms. The zero-order chi connectivity index (χ0) is 44.9. The van der Waals surface area contributed by atoms with Crippen LogP contribution in [0.5, 0.6) is 0 Å². The number of hydrogen-bond donors (Lipinski definition) is 3. The van der Waals surface area contributed by atoms with Gasteiger partial charge in [0.05, 0.1) is 18.8 Å². The summed E-state index contributed by atoms with van der Waals surface area (Å²) in [5.41, 5.74) is 0. The minimum Gasteiger partial charge on any atom is -0.394 e. The van der Waals surface area contributed by atoms with Crippen LogP contribution in [0.25, 0.3) is 0 Å². The monoisotopic (exact) mass is 860 g/mol. The molecular weight excluding hydrogens is 759 g/mol. The number of carbonyl (C=O) groups is 1. The maximum absolute atomic E-state index is 12.4. The number of unbranched alkanes of at least 4 members (excludes halogenated alkanes) is 27. The molecule has 0 radical (unpaired) electrons. The van der Waals surface area contributed by atoms with E-state index < -0.39 is 12.1 Å². The molecule has 4 heteroatoms. The molecule has 0 aliphatic carbocycles. The molecule has 0 aliphatic heterocycles. The van der Waals surface area contributed by atoms with Crippen LogP contribution in [0, 0.1) is 0 Å². The molecule has 0 rings (SSSR count). The van der Waals surface area contributed by atoms with Gasteiger partial charge >= 0.3 is 0 Å². The third kappa shape index (κ3) is 48.3. The summed E-state index contributed by atoms with van der Waals surface area (Å²) in [6.45, 7) is 3.94. The van der Waals surface area contributed by atoms with Crippen LogP contribution in [0.2, 0.25) is 0 Å². The molecule has 0 spiro atoms. The van der Waals surface area contributed by atoms with Crippen molar-refractivity contribution in [2.45, 2.75) is 257 Å². The number of amides is 1. The summed E-state index contributed by atoms with van der Waals surface area (Å²) in [6.07, 6.45) is 78.9. The quantitative estimate of drug-likeness (QED) is 0.0422. The molecule has 4 nitrogen and oxygen atoms in total. The van der Waals surface area contributed by atoms with E-state index in [0.29, 0.717) is 6.42 Å². The first kappa shape index (κ1) is 59.3. The Hall–Kier alpha value is -2.69. The summed E-state index contributed by atoms with van der Waals surface area (Å²) in [5.74, 6) is -0.0807. The second-order valence-corrected chi connectivity index (χ2v) is 17.6. The number of rotatable bonds is 47. The lowest BCUT2D eigenvalue weighted by Gasteiger charge is -2.19. The van der Waals surface area contributed by atoms with E-state index in [0.717, 1.165) is 70.6 Å². The second kappa shape index (κ2) is 52.7. The molecule has 0 aromatic carbocycles. The first-order valence-corrected chi connectivity index (χ1v) is 26.4. The summed E-state index contributed by atoms with van der Waals surface area (Å²) in [5, 5.41) is 22.9. The van der Waals surface area contributed by atoms with Gasteiger partial charge in [-0.05, 0) is 84.0 Å². The fourth-order valence-corrected chi connectivity index (χ4v) is 7.66. The molecule has 0 heterocycles. The maximum Gasteiger partial charge on any atom is 0.220 e. The van der Waals surface area contributed by atoms with Gasteiger partial charge in [0.25, 0.3) is 0 Å². The van der Waals surface area contributed by atoms with Crippen molar-refractivity contribution in [1.82, 2.24) is 5.32 Å². The molecule has 0 aromatic rings. The zero-order valence-corrected chi connectivity index (χ0v) is 40.9.